The minimum Gasteiger partial charge on any atom is -0.508 e. The van der Waals surface area contributed by atoms with Crippen molar-refractivity contribution in [3.63, 3.8) is 0 Å². The van der Waals surface area contributed by atoms with Crippen molar-refractivity contribution < 1.29 is 38.9 Å². The molecule has 11 heteroatoms. The van der Waals surface area contributed by atoms with Crippen LogP contribution in [-0.2, 0) is 30.3 Å². The van der Waals surface area contributed by atoms with Gasteiger partial charge in [0, 0.05) is 25.1 Å². The maximum atomic E-state index is 14.3. The number of hydrogen-bond acceptors (Lipinski definition) is 8. The Balaban J connectivity index is 2.52. The SMILES string of the molecule is CCCN(C(=O)C(Cc1ccc(O)cc1)NC(=O)OC(C)(C)C)C(C(=O)NCCC(=O)OCC)c1cccc(C)c1O. The van der Waals surface area contributed by atoms with Crippen molar-refractivity contribution in [2.24, 2.45) is 0 Å². The van der Waals surface area contributed by atoms with Crippen molar-refractivity contribution in [3.8, 4) is 11.5 Å². The maximum absolute atomic E-state index is 14.3. The van der Waals surface area contributed by atoms with Gasteiger partial charge in [0.1, 0.15) is 29.2 Å². The maximum Gasteiger partial charge on any atom is 0.408 e. The summed E-state index contributed by atoms with van der Waals surface area (Å²) in [4.78, 5) is 53.9. The molecule has 230 valence electrons. The van der Waals surface area contributed by atoms with E-state index >= 15 is 0 Å². The number of rotatable bonds is 13. The van der Waals surface area contributed by atoms with E-state index in [4.69, 9.17) is 9.47 Å². The Labute approximate surface area is 247 Å². The Morgan fingerprint density at radius 2 is 1.67 bits per heavy atom. The average molecular weight is 586 g/mol. The normalized spacial score (nSPS) is 12.5. The summed E-state index contributed by atoms with van der Waals surface area (Å²) in [7, 11) is 0. The first-order valence-corrected chi connectivity index (χ1v) is 14.1. The number of hydrogen-bond donors (Lipinski definition) is 4. The Morgan fingerprint density at radius 1 is 1.00 bits per heavy atom. The van der Waals surface area contributed by atoms with Crippen molar-refractivity contribution in [1.82, 2.24) is 15.5 Å². The molecular formula is C31H43N3O8. The molecule has 2 atom stereocenters. The predicted octanol–water partition coefficient (Wildman–Crippen LogP) is 3.89. The van der Waals surface area contributed by atoms with E-state index in [1.807, 2.05) is 6.92 Å². The molecule has 2 aromatic rings. The number of nitrogens with one attached hydrogen (secondary N) is 2. The first kappa shape index (κ1) is 33.9. The first-order valence-electron chi connectivity index (χ1n) is 14.1. The molecule has 3 amide bonds. The summed E-state index contributed by atoms with van der Waals surface area (Å²) in [5.74, 6) is -1.77. The van der Waals surface area contributed by atoms with Crippen molar-refractivity contribution >= 4 is 23.9 Å². The summed E-state index contributed by atoms with van der Waals surface area (Å²) in [5, 5.41) is 26.0. The molecular weight excluding hydrogens is 542 g/mol. The number of ether oxygens (including phenoxy) is 2. The van der Waals surface area contributed by atoms with Gasteiger partial charge in [-0.25, -0.2) is 4.79 Å². The van der Waals surface area contributed by atoms with E-state index in [0.29, 0.717) is 17.5 Å². The van der Waals surface area contributed by atoms with E-state index in [1.165, 1.54) is 17.0 Å². The molecule has 11 nitrogen and oxygen atoms in total. The van der Waals surface area contributed by atoms with E-state index in [0.717, 1.165) is 0 Å². The molecule has 2 unspecified atom stereocenters. The molecule has 0 spiro atoms. The standard InChI is InChI=1S/C31H43N3O8/c1-7-18-34(26(23-11-9-10-20(3)27(23)37)28(38)32-17-16-25(36)41-8-2)29(39)24(33-30(40)42-31(4,5)6)19-21-12-14-22(35)15-13-21/h9-15,24,26,35,37H,7-8,16-19H2,1-6H3,(H,32,38)(H,33,40). The van der Waals surface area contributed by atoms with E-state index < -0.39 is 41.6 Å². The van der Waals surface area contributed by atoms with Crippen LogP contribution in [0.1, 0.15) is 70.2 Å². The number of carbonyl (C=O) groups is 4. The number of carbonyl (C=O) groups excluding carboxylic acids is 4. The number of phenols is 2. The fourth-order valence-electron chi connectivity index (χ4n) is 4.30. The van der Waals surface area contributed by atoms with Crippen molar-refractivity contribution in [2.75, 3.05) is 19.7 Å². The molecule has 0 saturated carbocycles. The highest BCUT2D eigenvalue weighted by molar-refractivity contribution is 5.93. The Morgan fingerprint density at radius 3 is 2.26 bits per heavy atom. The van der Waals surface area contributed by atoms with Gasteiger partial charge in [0.25, 0.3) is 0 Å². The third kappa shape index (κ3) is 10.3. The minimum atomic E-state index is -1.28. The molecule has 0 radical (unpaired) electrons. The van der Waals surface area contributed by atoms with Crippen LogP contribution in [0.25, 0.3) is 0 Å². The molecule has 0 heterocycles. The number of amides is 3. The van der Waals surface area contributed by atoms with Crippen LogP contribution in [0.2, 0.25) is 0 Å². The zero-order valence-electron chi connectivity index (χ0n) is 25.2. The quantitative estimate of drug-likeness (QED) is 0.258. The Hall–Kier alpha value is -4.28. The van der Waals surface area contributed by atoms with Gasteiger partial charge in [0.2, 0.25) is 11.8 Å². The van der Waals surface area contributed by atoms with Crippen LogP contribution in [0, 0.1) is 6.92 Å². The summed E-state index contributed by atoms with van der Waals surface area (Å²) in [6.07, 6.45) is -0.388. The minimum absolute atomic E-state index is 0.0373. The molecule has 0 aliphatic rings. The second kappa shape index (κ2) is 15.6. The summed E-state index contributed by atoms with van der Waals surface area (Å²) in [5.41, 5.74) is 0.528. The molecule has 2 rings (SSSR count). The summed E-state index contributed by atoms with van der Waals surface area (Å²) >= 11 is 0. The number of phenolic OH excluding ortho intramolecular Hbond substituents is 2. The number of alkyl carbamates (subject to hydrolysis) is 1. The van der Waals surface area contributed by atoms with Crippen LogP contribution in [0.5, 0.6) is 11.5 Å². The summed E-state index contributed by atoms with van der Waals surface area (Å²) < 4.78 is 10.3. The number of nitrogens with zero attached hydrogens (tertiary/aromatic N) is 1. The highest BCUT2D eigenvalue weighted by Crippen LogP contribution is 2.32. The fraction of sp³-hybridized carbons (Fsp3) is 0.484. The lowest BCUT2D eigenvalue weighted by Crippen LogP contribution is -2.54. The summed E-state index contributed by atoms with van der Waals surface area (Å²) in [6.45, 7) is 10.6. The Bertz CT molecular complexity index is 1220. The van der Waals surface area contributed by atoms with Gasteiger partial charge in [-0.15, -0.1) is 0 Å². The zero-order valence-corrected chi connectivity index (χ0v) is 25.2. The van der Waals surface area contributed by atoms with Crippen LogP contribution >= 0.6 is 0 Å². The molecule has 0 saturated heterocycles. The third-order valence-corrected chi connectivity index (χ3v) is 6.17. The van der Waals surface area contributed by atoms with Crippen LogP contribution in [0.15, 0.2) is 42.5 Å². The molecule has 42 heavy (non-hydrogen) atoms. The van der Waals surface area contributed by atoms with Crippen LogP contribution in [-0.4, -0.2) is 70.3 Å². The molecule has 0 aromatic heterocycles. The third-order valence-electron chi connectivity index (χ3n) is 6.17. The van der Waals surface area contributed by atoms with Gasteiger partial charge in [-0.1, -0.05) is 37.3 Å². The lowest BCUT2D eigenvalue weighted by molar-refractivity contribution is -0.144. The number of para-hydroxylation sites is 1. The molecule has 4 N–H and O–H groups in total. The van der Waals surface area contributed by atoms with Crippen LogP contribution < -0.4 is 10.6 Å². The fourth-order valence-corrected chi connectivity index (χ4v) is 4.30. The van der Waals surface area contributed by atoms with E-state index in [9.17, 15) is 29.4 Å². The van der Waals surface area contributed by atoms with Gasteiger partial charge in [-0.2, -0.15) is 0 Å². The predicted molar refractivity (Wildman–Crippen MR) is 157 cm³/mol. The highest BCUT2D eigenvalue weighted by atomic mass is 16.6. The first-order chi connectivity index (χ1) is 19.8. The molecule has 0 bridgehead atoms. The van der Waals surface area contributed by atoms with Crippen molar-refractivity contribution in [2.45, 2.75) is 78.5 Å². The Kier molecular flexibility index (Phi) is 12.6. The number of aromatic hydroxyl groups is 2. The van der Waals surface area contributed by atoms with Gasteiger partial charge in [-0.3, -0.25) is 14.4 Å². The molecule has 0 fully saturated rings. The zero-order chi connectivity index (χ0) is 31.4. The lowest BCUT2D eigenvalue weighted by atomic mass is 9.97. The average Bonchev–Trinajstić information content (AvgIpc) is 2.90. The smallest absolute Gasteiger partial charge is 0.408 e. The van der Waals surface area contributed by atoms with E-state index in [1.54, 1.807) is 65.0 Å². The molecule has 2 aromatic carbocycles. The van der Waals surface area contributed by atoms with Crippen LogP contribution in [0.4, 0.5) is 4.79 Å². The van der Waals surface area contributed by atoms with Gasteiger partial charge in [0.15, 0.2) is 0 Å². The van der Waals surface area contributed by atoms with Gasteiger partial charge < -0.3 is 35.2 Å². The van der Waals surface area contributed by atoms with E-state index in [2.05, 4.69) is 10.6 Å². The lowest BCUT2D eigenvalue weighted by Gasteiger charge is -2.34. The van der Waals surface area contributed by atoms with Crippen LogP contribution in [0.3, 0.4) is 0 Å². The molecule has 0 aliphatic heterocycles. The monoisotopic (exact) mass is 585 g/mol. The number of aryl methyl sites for hydroxylation is 1. The molecule has 0 aliphatic carbocycles. The second-order valence-corrected chi connectivity index (χ2v) is 10.9. The topological polar surface area (TPSA) is 154 Å². The van der Waals surface area contributed by atoms with Crippen molar-refractivity contribution in [1.29, 1.82) is 0 Å². The highest BCUT2D eigenvalue weighted by Gasteiger charge is 2.37. The van der Waals surface area contributed by atoms with Crippen molar-refractivity contribution in [3.05, 3.63) is 59.2 Å². The second-order valence-electron chi connectivity index (χ2n) is 10.9. The number of esters is 1. The largest absolute Gasteiger partial charge is 0.508 e. The van der Waals surface area contributed by atoms with Gasteiger partial charge in [-0.05, 0) is 64.3 Å². The van der Waals surface area contributed by atoms with E-state index in [-0.39, 0.29) is 49.6 Å². The summed E-state index contributed by atoms with van der Waals surface area (Å²) in [6, 6.07) is 8.68. The number of benzene rings is 2. The van der Waals surface area contributed by atoms with Gasteiger partial charge >= 0.3 is 12.1 Å². The van der Waals surface area contributed by atoms with Gasteiger partial charge in [0.05, 0.1) is 13.0 Å².